The zero-order valence-corrected chi connectivity index (χ0v) is 17.3. The summed E-state index contributed by atoms with van der Waals surface area (Å²) in [5.41, 5.74) is 0.430. The third-order valence-electron chi connectivity index (χ3n) is 4.21. The number of ether oxygens (including phenoxy) is 1. The van der Waals surface area contributed by atoms with Crippen LogP contribution in [-0.2, 0) is 9.53 Å². The first kappa shape index (κ1) is 21.7. The zero-order chi connectivity index (χ0) is 20.7. The van der Waals surface area contributed by atoms with Crippen LogP contribution < -0.4 is 5.76 Å². The molecule has 0 fully saturated rings. The summed E-state index contributed by atoms with van der Waals surface area (Å²) in [4.78, 5) is 25.1. The molecule has 0 saturated carbocycles. The van der Waals surface area contributed by atoms with Gasteiger partial charge in [0.1, 0.15) is 5.60 Å². The van der Waals surface area contributed by atoms with Gasteiger partial charge in [-0.25, -0.2) is 4.79 Å². The van der Waals surface area contributed by atoms with E-state index in [9.17, 15) is 9.59 Å². The molecule has 0 spiro atoms. The van der Waals surface area contributed by atoms with Crippen LogP contribution in [0.4, 0.5) is 0 Å². The van der Waals surface area contributed by atoms with E-state index in [0.29, 0.717) is 12.8 Å². The van der Waals surface area contributed by atoms with Gasteiger partial charge in [-0.15, -0.1) is 5.10 Å². The number of hydrogen-bond acceptors (Lipinski definition) is 5. The van der Waals surface area contributed by atoms with E-state index in [1.165, 1.54) is 4.68 Å². The molecular formula is C22H30N2O4. The van der Waals surface area contributed by atoms with Gasteiger partial charge >= 0.3 is 11.7 Å². The average Bonchev–Trinajstić information content (AvgIpc) is 3.02. The highest BCUT2D eigenvalue weighted by molar-refractivity contribution is 5.74. The van der Waals surface area contributed by atoms with Gasteiger partial charge in [0, 0.05) is 0 Å². The summed E-state index contributed by atoms with van der Waals surface area (Å²) in [5, 5.41) is 4.04. The van der Waals surface area contributed by atoms with Crippen molar-refractivity contribution in [2.24, 2.45) is 11.8 Å². The van der Waals surface area contributed by atoms with E-state index in [1.807, 2.05) is 77.1 Å². The monoisotopic (exact) mass is 386 g/mol. The third kappa shape index (κ3) is 6.51. The van der Waals surface area contributed by atoms with Crippen LogP contribution in [0.25, 0.3) is 6.08 Å². The van der Waals surface area contributed by atoms with Crippen molar-refractivity contribution in [3.63, 3.8) is 0 Å². The van der Waals surface area contributed by atoms with Gasteiger partial charge in [0.05, 0.1) is 12.0 Å². The van der Waals surface area contributed by atoms with Crippen LogP contribution in [0.15, 0.2) is 52.0 Å². The van der Waals surface area contributed by atoms with Gasteiger partial charge in [0.15, 0.2) is 0 Å². The fourth-order valence-corrected chi connectivity index (χ4v) is 3.06. The van der Waals surface area contributed by atoms with Gasteiger partial charge in [0.2, 0.25) is 6.39 Å². The Balaban J connectivity index is 2.33. The van der Waals surface area contributed by atoms with Gasteiger partial charge in [0.25, 0.3) is 0 Å². The Morgan fingerprint density at radius 1 is 1.25 bits per heavy atom. The highest BCUT2D eigenvalue weighted by Gasteiger charge is 2.34. The molecular weight excluding hydrogens is 356 g/mol. The number of hydrogen-bond donors (Lipinski definition) is 0. The molecule has 2 rings (SSSR count). The molecule has 0 amide bonds. The second-order valence-electron chi connectivity index (χ2n) is 8.33. The van der Waals surface area contributed by atoms with Crippen molar-refractivity contribution in [2.45, 2.75) is 59.1 Å². The molecule has 0 aliphatic rings. The molecule has 0 radical (unpaired) electrons. The topological polar surface area (TPSA) is 74.3 Å². The predicted molar refractivity (Wildman–Crippen MR) is 109 cm³/mol. The predicted octanol–water partition coefficient (Wildman–Crippen LogP) is 4.48. The Labute approximate surface area is 166 Å². The van der Waals surface area contributed by atoms with Gasteiger partial charge in [-0.3, -0.25) is 4.79 Å². The Hall–Kier alpha value is -2.63. The second-order valence-corrected chi connectivity index (χ2v) is 8.33. The van der Waals surface area contributed by atoms with Gasteiger partial charge in [-0.05, 0) is 45.1 Å². The molecule has 6 heteroatoms. The number of carbonyl (C=O) groups excluding carboxylic acids is 1. The molecule has 2 aromatic rings. The molecule has 1 heterocycles. The van der Waals surface area contributed by atoms with Crippen LogP contribution in [0.1, 0.15) is 59.1 Å². The maximum absolute atomic E-state index is 13.0. The molecule has 0 N–H and O–H groups in total. The molecule has 6 nitrogen and oxygen atoms in total. The van der Waals surface area contributed by atoms with Crippen molar-refractivity contribution in [3.05, 3.63) is 58.9 Å². The molecule has 1 aromatic carbocycles. The first-order chi connectivity index (χ1) is 13.2. The first-order valence-corrected chi connectivity index (χ1v) is 9.64. The highest BCUT2D eigenvalue weighted by atomic mass is 16.6. The molecule has 28 heavy (non-hydrogen) atoms. The molecule has 0 saturated heterocycles. The zero-order valence-electron chi connectivity index (χ0n) is 17.3. The minimum absolute atomic E-state index is 0.261. The molecule has 2 atom stereocenters. The lowest BCUT2D eigenvalue weighted by atomic mass is 9.89. The summed E-state index contributed by atoms with van der Waals surface area (Å²) in [5.74, 6) is -1.20. The SMILES string of the molecule is CC(C)C[C@H]([C@H](C/C=C/c1ccccc1)C(=O)OC(C)(C)C)n1ncoc1=O. The summed E-state index contributed by atoms with van der Waals surface area (Å²) < 4.78 is 11.8. The van der Waals surface area contributed by atoms with E-state index in [0.717, 1.165) is 12.0 Å². The smallest absolute Gasteiger partial charge is 0.437 e. The molecule has 0 unspecified atom stereocenters. The van der Waals surface area contributed by atoms with Crippen molar-refractivity contribution in [1.82, 2.24) is 9.78 Å². The Kier molecular flexibility index (Phi) is 7.38. The van der Waals surface area contributed by atoms with E-state index >= 15 is 0 Å². The normalized spacial score (nSPS) is 14.4. The minimum Gasteiger partial charge on any atom is -0.460 e. The van der Waals surface area contributed by atoms with Crippen molar-refractivity contribution in [3.8, 4) is 0 Å². The number of esters is 1. The summed E-state index contributed by atoms with van der Waals surface area (Å²) >= 11 is 0. The van der Waals surface area contributed by atoms with E-state index in [-0.39, 0.29) is 11.9 Å². The summed E-state index contributed by atoms with van der Waals surface area (Å²) in [6.07, 6.45) is 6.06. The maximum Gasteiger partial charge on any atom is 0.437 e. The first-order valence-electron chi connectivity index (χ1n) is 9.64. The summed E-state index contributed by atoms with van der Waals surface area (Å²) in [7, 11) is 0. The van der Waals surface area contributed by atoms with Crippen molar-refractivity contribution in [2.75, 3.05) is 0 Å². The number of nitrogens with zero attached hydrogens (tertiary/aromatic N) is 2. The van der Waals surface area contributed by atoms with E-state index < -0.39 is 23.3 Å². The van der Waals surface area contributed by atoms with Gasteiger partial charge in [-0.1, -0.05) is 56.3 Å². The Morgan fingerprint density at radius 2 is 1.93 bits per heavy atom. The molecule has 1 aromatic heterocycles. The molecule has 0 bridgehead atoms. The fourth-order valence-electron chi connectivity index (χ4n) is 3.06. The van der Waals surface area contributed by atoms with Gasteiger partial charge < -0.3 is 9.15 Å². The number of allylic oxidation sites excluding steroid dienone is 1. The second kappa shape index (κ2) is 9.53. The van der Waals surface area contributed by atoms with E-state index in [1.54, 1.807) is 0 Å². The quantitative estimate of drug-likeness (QED) is 0.625. The lowest BCUT2D eigenvalue weighted by Crippen LogP contribution is -2.37. The summed E-state index contributed by atoms with van der Waals surface area (Å²) in [6.45, 7) is 9.60. The maximum atomic E-state index is 13.0. The van der Waals surface area contributed by atoms with E-state index in [2.05, 4.69) is 5.10 Å². The van der Waals surface area contributed by atoms with Gasteiger partial charge in [-0.2, -0.15) is 4.68 Å². The summed E-state index contributed by atoms with van der Waals surface area (Å²) in [6, 6.07) is 9.42. The van der Waals surface area contributed by atoms with Crippen molar-refractivity contribution in [1.29, 1.82) is 0 Å². The van der Waals surface area contributed by atoms with Crippen LogP contribution in [0.3, 0.4) is 0 Å². The number of aromatic nitrogens is 2. The van der Waals surface area contributed by atoms with Crippen LogP contribution in [0, 0.1) is 11.8 Å². The van der Waals surface area contributed by atoms with Crippen molar-refractivity contribution < 1.29 is 13.9 Å². The van der Waals surface area contributed by atoms with Crippen molar-refractivity contribution >= 4 is 12.0 Å². The molecule has 152 valence electrons. The number of benzene rings is 1. The third-order valence-corrected chi connectivity index (χ3v) is 4.21. The molecule has 0 aliphatic carbocycles. The largest absolute Gasteiger partial charge is 0.460 e. The minimum atomic E-state index is -0.615. The fraction of sp³-hybridized carbons (Fsp3) is 0.500. The average molecular weight is 386 g/mol. The van der Waals surface area contributed by atoms with Crippen LogP contribution in [0.5, 0.6) is 0 Å². The lowest BCUT2D eigenvalue weighted by molar-refractivity contribution is -0.162. The Morgan fingerprint density at radius 3 is 2.46 bits per heavy atom. The number of rotatable bonds is 8. The lowest BCUT2D eigenvalue weighted by Gasteiger charge is -2.29. The van der Waals surface area contributed by atoms with Crippen LogP contribution >= 0.6 is 0 Å². The van der Waals surface area contributed by atoms with E-state index in [4.69, 9.17) is 9.15 Å². The molecule has 0 aliphatic heterocycles. The standard InChI is InChI=1S/C22H30N2O4/c1-16(2)14-19(24-21(26)27-15-23-24)18(20(25)28-22(3,4)5)13-9-12-17-10-7-6-8-11-17/h6-12,15-16,18-19H,13-14H2,1-5H3/b12-9+/t18-,19+/m0/s1. The highest BCUT2D eigenvalue weighted by Crippen LogP contribution is 2.30. The van der Waals surface area contributed by atoms with Crippen LogP contribution in [-0.4, -0.2) is 21.4 Å². The number of carbonyl (C=O) groups is 1. The van der Waals surface area contributed by atoms with Crippen LogP contribution in [0.2, 0.25) is 0 Å². The Bertz CT molecular complexity index is 828.